The highest BCUT2D eigenvalue weighted by molar-refractivity contribution is 6.03. The van der Waals surface area contributed by atoms with Crippen molar-refractivity contribution in [2.24, 2.45) is 5.92 Å². The van der Waals surface area contributed by atoms with Crippen molar-refractivity contribution in [2.45, 2.75) is 97.2 Å². The molecule has 0 saturated carbocycles. The molecular weight excluding hydrogens is 779 g/mol. The third-order valence-corrected chi connectivity index (χ3v) is 12.3. The van der Waals surface area contributed by atoms with Crippen LogP contribution in [-0.4, -0.2) is 59.1 Å². The van der Waals surface area contributed by atoms with Crippen LogP contribution in [0.3, 0.4) is 0 Å². The lowest BCUT2D eigenvalue weighted by atomic mass is 9.81. The average molecular weight is 845 g/mol. The van der Waals surface area contributed by atoms with Crippen LogP contribution in [0.2, 0.25) is 0 Å². The summed E-state index contributed by atoms with van der Waals surface area (Å²) < 4.78 is 2.29. The number of fused-ring (bicyclic) bond motifs is 2. The molecule has 8 nitrogen and oxygen atoms in total. The second-order valence-electron chi connectivity index (χ2n) is 18.2. The van der Waals surface area contributed by atoms with E-state index in [0.29, 0.717) is 32.4 Å². The summed E-state index contributed by atoms with van der Waals surface area (Å²) in [4.78, 5) is 44.3. The number of carbonyl (C=O) groups excluding carboxylic acids is 3. The first-order chi connectivity index (χ1) is 30.3. The van der Waals surface area contributed by atoms with Crippen LogP contribution < -0.4 is 15.5 Å². The zero-order chi connectivity index (χ0) is 45.0. The highest BCUT2D eigenvalue weighted by Crippen LogP contribution is 2.47. The molecular formula is C55H66N5O3+. The number of para-hydroxylation sites is 2. The predicted octanol–water partition coefficient (Wildman–Crippen LogP) is 10.1. The zero-order valence-corrected chi connectivity index (χ0v) is 38.3. The van der Waals surface area contributed by atoms with Crippen molar-refractivity contribution in [1.82, 2.24) is 15.5 Å². The molecule has 6 rings (SSSR count). The number of allylic oxidation sites excluding steroid dienone is 6. The molecule has 2 aliphatic heterocycles. The van der Waals surface area contributed by atoms with E-state index in [4.69, 9.17) is 0 Å². The molecule has 3 amide bonds. The van der Waals surface area contributed by atoms with Crippen LogP contribution in [-0.2, 0) is 38.3 Å². The second kappa shape index (κ2) is 21.2. The van der Waals surface area contributed by atoms with Crippen molar-refractivity contribution < 1.29 is 19.0 Å². The monoisotopic (exact) mass is 845 g/mol. The van der Waals surface area contributed by atoms with Crippen molar-refractivity contribution in [3.05, 3.63) is 180 Å². The molecule has 2 heterocycles. The van der Waals surface area contributed by atoms with E-state index in [9.17, 15) is 14.4 Å². The molecule has 0 aliphatic carbocycles. The SMILES string of the molecule is CC(C)C[C@H](NC(=O)CCCCN1C(=CC=CC=CC2=[N+](C)c3ccccc3C2(C)C)C(C)(C)c2ccccc21)C(=O)NC/C=C/C(=O)N(Cc1ccccc1)Cc1ccccc1. The van der Waals surface area contributed by atoms with E-state index in [1.165, 1.54) is 40.0 Å². The summed E-state index contributed by atoms with van der Waals surface area (Å²) in [5.41, 5.74) is 9.39. The summed E-state index contributed by atoms with van der Waals surface area (Å²) in [6, 6.07) is 36.4. The highest BCUT2D eigenvalue weighted by Gasteiger charge is 2.42. The largest absolute Gasteiger partial charge is 0.351 e. The maximum Gasteiger partial charge on any atom is 0.246 e. The molecule has 4 aromatic carbocycles. The molecule has 2 aliphatic rings. The number of anilines is 1. The first kappa shape index (κ1) is 46.2. The van der Waals surface area contributed by atoms with Crippen molar-refractivity contribution in [3.63, 3.8) is 0 Å². The van der Waals surface area contributed by atoms with Gasteiger partial charge in [0.05, 0.1) is 5.41 Å². The van der Waals surface area contributed by atoms with Gasteiger partial charge in [-0.15, -0.1) is 0 Å². The maximum atomic E-state index is 13.4. The van der Waals surface area contributed by atoms with Crippen LogP contribution >= 0.6 is 0 Å². The fraction of sp³-hybridized carbons (Fsp3) is 0.345. The van der Waals surface area contributed by atoms with Gasteiger partial charge in [0.25, 0.3) is 0 Å². The number of nitrogens with one attached hydrogen (secondary N) is 2. The molecule has 0 fully saturated rings. The molecule has 0 bridgehead atoms. The molecule has 2 N–H and O–H groups in total. The van der Waals surface area contributed by atoms with Crippen LogP contribution in [0.5, 0.6) is 0 Å². The number of rotatable bonds is 19. The maximum absolute atomic E-state index is 13.4. The van der Waals surface area contributed by atoms with Crippen LogP contribution in [0.1, 0.15) is 89.5 Å². The van der Waals surface area contributed by atoms with E-state index in [-0.39, 0.29) is 41.0 Å². The first-order valence-electron chi connectivity index (χ1n) is 22.5. The number of unbranched alkanes of at least 4 members (excludes halogenated alkanes) is 1. The molecule has 1 atom stereocenters. The van der Waals surface area contributed by atoms with Crippen molar-refractivity contribution >= 4 is 34.8 Å². The molecule has 63 heavy (non-hydrogen) atoms. The van der Waals surface area contributed by atoms with E-state index in [2.05, 4.69) is 134 Å². The highest BCUT2D eigenvalue weighted by atomic mass is 16.2. The van der Waals surface area contributed by atoms with Crippen molar-refractivity contribution in [1.29, 1.82) is 0 Å². The molecule has 0 spiro atoms. The topological polar surface area (TPSA) is 84.8 Å². The molecule has 4 aromatic rings. The van der Waals surface area contributed by atoms with Crippen LogP contribution in [0, 0.1) is 5.92 Å². The molecule has 8 heteroatoms. The number of hydrogen-bond acceptors (Lipinski definition) is 4. The Morgan fingerprint density at radius 3 is 2.02 bits per heavy atom. The standard InChI is InChI=1S/C55H65N5O3/c1-41(2)38-46(53(63)56-36-23-35-52(62)59(39-42-24-11-8-12-25-42)40-43-26-13-9-14-27-43)57-51(61)34-21-22-37-60-48-31-20-18-29-45(48)55(5,6)50(60)33-16-10-15-32-49-54(3,4)44-28-17-19-30-47(44)58(49)7/h8-20,23-33,35,41,46H,21-22,34,36-40H2,1-7H3,(H-,56,57,61,63)/p+1/b35-23+/t46-/m0/s1. The average Bonchev–Trinajstić information content (AvgIpc) is 3.60. The van der Waals surface area contributed by atoms with Crippen LogP contribution in [0.25, 0.3) is 0 Å². The van der Waals surface area contributed by atoms with Gasteiger partial charge in [-0.3, -0.25) is 14.4 Å². The van der Waals surface area contributed by atoms with Gasteiger partial charge >= 0.3 is 0 Å². The van der Waals surface area contributed by atoms with Gasteiger partial charge in [0, 0.05) is 73.2 Å². The van der Waals surface area contributed by atoms with E-state index >= 15 is 0 Å². The summed E-state index contributed by atoms with van der Waals surface area (Å²) in [5, 5.41) is 5.94. The van der Waals surface area contributed by atoms with Crippen LogP contribution in [0.15, 0.2) is 157 Å². The molecule has 0 aromatic heterocycles. The van der Waals surface area contributed by atoms with E-state index in [1.54, 1.807) is 11.0 Å². The van der Waals surface area contributed by atoms with Gasteiger partial charge in [0.1, 0.15) is 13.1 Å². The number of amides is 3. The number of carbonyl (C=O) groups is 3. The minimum absolute atomic E-state index is 0.0749. The quantitative estimate of drug-likeness (QED) is 0.0426. The first-order valence-corrected chi connectivity index (χ1v) is 22.5. The molecule has 0 saturated heterocycles. The van der Waals surface area contributed by atoms with Gasteiger partial charge in [-0.1, -0.05) is 149 Å². The van der Waals surface area contributed by atoms with Gasteiger partial charge in [-0.25, -0.2) is 0 Å². The van der Waals surface area contributed by atoms with Gasteiger partial charge in [-0.05, 0) is 67.9 Å². The van der Waals surface area contributed by atoms with E-state index in [1.807, 2.05) is 74.5 Å². The summed E-state index contributed by atoms with van der Waals surface area (Å²) in [6.45, 7) is 15.1. The second-order valence-corrected chi connectivity index (χ2v) is 18.2. The lowest BCUT2D eigenvalue weighted by Gasteiger charge is -2.27. The Kier molecular flexibility index (Phi) is 15.6. The minimum atomic E-state index is -0.662. The van der Waals surface area contributed by atoms with E-state index in [0.717, 1.165) is 24.1 Å². The summed E-state index contributed by atoms with van der Waals surface area (Å²) in [6.07, 6.45) is 16.4. The van der Waals surface area contributed by atoms with Crippen molar-refractivity contribution in [3.8, 4) is 0 Å². The minimum Gasteiger partial charge on any atom is -0.351 e. The Labute approximate surface area is 375 Å². The van der Waals surface area contributed by atoms with E-state index < -0.39 is 6.04 Å². The summed E-state index contributed by atoms with van der Waals surface area (Å²) in [7, 11) is 2.14. The van der Waals surface area contributed by atoms with Crippen LogP contribution in [0.4, 0.5) is 11.4 Å². The van der Waals surface area contributed by atoms with Gasteiger partial charge in [0.2, 0.25) is 23.4 Å². The fourth-order valence-electron chi connectivity index (χ4n) is 8.93. The molecule has 328 valence electrons. The van der Waals surface area contributed by atoms with Gasteiger partial charge in [0.15, 0.2) is 5.71 Å². The smallest absolute Gasteiger partial charge is 0.246 e. The van der Waals surface area contributed by atoms with Crippen molar-refractivity contribution in [2.75, 3.05) is 25.0 Å². The molecule has 0 radical (unpaired) electrons. The third kappa shape index (κ3) is 11.6. The Bertz CT molecular complexity index is 2330. The summed E-state index contributed by atoms with van der Waals surface area (Å²) >= 11 is 0. The fourth-order valence-corrected chi connectivity index (χ4v) is 8.93. The summed E-state index contributed by atoms with van der Waals surface area (Å²) in [5.74, 6) is -0.332. The van der Waals surface area contributed by atoms with Gasteiger partial charge < -0.3 is 20.4 Å². The number of hydrogen-bond donors (Lipinski definition) is 2. The normalized spacial score (nSPS) is 16.3. The Hall–Kier alpha value is -6.28. The zero-order valence-electron chi connectivity index (χ0n) is 38.3. The Morgan fingerprint density at radius 1 is 0.746 bits per heavy atom. The Balaban J connectivity index is 1.02. The number of benzene rings is 4. The predicted molar refractivity (Wildman–Crippen MR) is 258 cm³/mol. The number of nitrogens with zero attached hydrogens (tertiary/aromatic N) is 3. The van der Waals surface area contributed by atoms with Gasteiger partial charge in [-0.2, -0.15) is 4.58 Å². The molecule has 0 unspecified atom stereocenters. The lowest BCUT2D eigenvalue weighted by molar-refractivity contribution is -0.401. The lowest BCUT2D eigenvalue weighted by Crippen LogP contribution is -2.47. The Morgan fingerprint density at radius 2 is 1.37 bits per heavy atom. The third-order valence-electron chi connectivity index (χ3n) is 12.3.